The molecule has 1 aliphatic carbocycles. The first-order chi connectivity index (χ1) is 10.7. The number of aryl methyl sites for hydroxylation is 1. The second-order valence-corrected chi connectivity index (χ2v) is 6.01. The lowest BCUT2D eigenvalue weighted by Gasteiger charge is -2.31. The van der Waals surface area contributed by atoms with Crippen LogP contribution in [0.1, 0.15) is 31.2 Å². The van der Waals surface area contributed by atoms with Crippen molar-refractivity contribution < 1.29 is 14.6 Å². The molecule has 1 fully saturated rings. The van der Waals surface area contributed by atoms with Crippen molar-refractivity contribution in [2.24, 2.45) is 0 Å². The number of hydrogen-bond donors (Lipinski definition) is 1. The number of methoxy groups -OCH3 is 1. The van der Waals surface area contributed by atoms with Gasteiger partial charge in [-0.15, -0.1) is 0 Å². The van der Waals surface area contributed by atoms with Gasteiger partial charge in [0, 0.05) is 18.9 Å². The zero-order chi connectivity index (χ0) is 15.5. The molecule has 2 unspecified atom stereocenters. The number of aliphatic hydroxyl groups is 1. The third-order valence-corrected chi connectivity index (χ3v) is 4.48. The van der Waals surface area contributed by atoms with E-state index in [0.717, 1.165) is 37.9 Å². The van der Waals surface area contributed by atoms with Gasteiger partial charge in [0.2, 0.25) is 0 Å². The molecule has 1 N–H and O–H groups in total. The molecule has 116 valence electrons. The first-order valence-corrected chi connectivity index (χ1v) is 7.83. The summed E-state index contributed by atoms with van der Waals surface area (Å²) in [5.41, 5.74) is -0.380. The number of benzene rings is 1. The van der Waals surface area contributed by atoms with Crippen LogP contribution in [0.15, 0.2) is 42.2 Å². The van der Waals surface area contributed by atoms with E-state index in [4.69, 9.17) is 9.47 Å². The van der Waals surface area contributed by atoms with Gasteiger partial charge in [-0.05, 0) is 24.8 Å². The smallest absolute Gasteiger partial charge is 0.178 e. The van der Waals surface area contributed by atoms with Crippen molar-refractivity contribution in [3.8, 4) is 11.8 Å². The molecule has 1 aromatic carbocycles. The lowest BCUT2D eigenvalue weighted by Crippen LogP contribution is -2.45. The van der Waals surface area contributed by atoms with Crippen LogP contribution < -0.4 is 0 Å². The fourth-order valence-electron chi connectivity index (χ4n) is 2.94. The van der Waals surface area contributed by atoms with Crippen molar-refractivity contribution in [1.29, 1.82) is 0 Å². The zero-order valence-electron chi connectivity index (χ0n) is 13.0. The van der Waals surface area contributed by atoms with Gasteiger partial charge in [-0.25, -0.2) is 0 Å². The largest absolute Gasteiger partial charge is 0.501 e. The maximum Gasteiger partial charge on any atom is 0.178 e. The average molecular weight is 298 g/mol. The molecule has 1 spiro atoms. The van der Waals surface area contributed by atoms with E-state index in [9.17, 15) is 5.11 Å². The Morgan fingerprint density at radius 1 is 1.32 bits per heavy atom. The predicted molar refractivity (Wildman–Crippen MR) is 85.1 cm³/mol. The first kappa shape index (κ1) is 15.1. The number of ether oxygens (including phenoxy) is 2. The van der Waals surface area contributed by atoms with Crippen LogP contribution in [0.2, 0.25) is 0 Å². The van der Waals surface area contributed by atoms with Gasteiger partial charge in [0.1, 0.15) is 5.60 Å². The third-order valence-electron chi connectivity index (χ3n) is 4.48. The lowest BCUT2D eigenvalue weighted by molar-refractivity contribution is 0.0324. The van der Waals surface area contributed by atoms with Crippen LogP contribution in [0.4, 0.5) is 0 Å². The van der Waals surface area contributed by atoms with Crippen molar-refractivity contribution in [3.05, 3.63) is 47.7 Å². The molecule has 0 amide bonds. The van der Waals surface area contributed by atoms with Crippen molar-refractivity contribution in [3.63, 3.8) is 0 Å². The molecule has 0 aromatic heterocycles. The van der Waals surface area contributed by atoms with Crippen molar-refractivity contribution in [2.45, 2.75) is 43.3 Å². The molecule has 0 saturated carbocycles. The molecule has 3 nitrogen and oxygen atoms in total. The molecule has 22 heavy (non-hydrogen) atoms. The Morgan fingerprint density at radius 2 is 2.09 bits per heavy atom. The molecule has 2 aliphatic rings. The van der Waals surface area contributed by atoms with Crippen LogP contribution in [0.5, 0.6) is 0 Å². The normalized spacial score (nSPS) is 29.5. The van der Waals surface area contributed by atoms with Gasteiger partial charge in [0.15, 0.2) is 5.60 Å². The fourth-order valence-corrected chi connectivity index (χ4v) is 2.94. The molecular formula is C19H22O3. The molecule has 0 bridgehead atoms. The highest BCUT2D eigenvalue weighted by Crippen LogP contribution is 2.47. The zero-order valence-corrected chi connectivity index (χ0v) is 13.0. The third kappa shape index (κ3) is 3.04. The summed E-state index contributed by atoms with van der Waals surface area (Å²) in [6.45, 7) is 0.579. The highest BCUT2D eigenvalue weighted by molar-refractivity contribution is 5.37. The number of rotatable bonds is 4. The Bertz CT molecular complexity index is 605. The number of epoxide rings is 1. The van der Waals surface area contributed by atoms with Crippen LogP contribution in [0, 0.1) is 11.8 Å². The van der Waals surface area contributed by atoms with E-state index < -0.39 is 11.2 Å². The minimum atomic E-state index is -1.21. The second-order valence-electron chi connectivity index (χ2n) is 6.01. The summed E-state index contributed by atoms with van der Waals surface area (Å²) in [7, 11) is 1.63. The summed E-state index contributed by atoms with van der Waals surface area (Å²) in [5.74, 6) is 6.95. The summed E-state index contributed by atoms with van der Waals surface area (Å²) in [6, 6.07) is 10.4. The van der Waals surface area contributed by atoms with E-state index in [2.05, 4.69) is 36.1 Å². The van der Waals surface area contributed by atoms with E-state index in [0.29, 0.717) is 6.61 Å². The SMILES string of the molecule is COC1=CC(O)(C#CCCCc2ccccc2)C2(CC1)CO2. The van der Waals surface area contributed by atoms with Crippen LogP contribution in [-0.4, -0.2) is 30.0 Å². The second kappa shape index (κ2) is 6.16. The Kier molecular flexibility index (Phi) is 4.24. The molecular weight excluding hydrogens is 276 g/mol. The molecule has 0 radical (unpaired) electrons. The van der Waals surface area contributed by atoms with E-state index in [-0.39, 0.29) is 0 Å². The van der Waals surface area contributed by atoms with Crippen LogP contribution in [0.25, 0.3) is 0 Å². The average Bonchev–Trinajstić information content (AvgIpc) is 3.33. The van der Waals surface area contributed by atoms with Gasteiger partial charge < -0.3 is 14.6 Å². The molecule has 1 saturated heterocycles. The monoisotopic (exact) mass is 298 g/mol. The molecule has 1 heterocycles. The van der Waals surface area contributed by atoms with Gasteiger partial charge in [0.05, 0.1) is 19.5 Å². The predicted octanol–water partition coefficient (Wildman–Crippen LogP) is 2.84. The Labute approximate surface area is 131 Å². The summed E-state index contributed by atoms with van der Waals surface area (Å²) < 4.78 is 10.8. The van der Waals surface area contributed by atoms with Gasteiger partial charge in [-0.2, -0.15) is 0 Å². The van der Waals surface area contributed by atoms with Crippen LogP contribution >= 0.6 is 0 Å². The standard InChI is InChI=1S/C19H22O3/c1-21-17-11-13-19(15-22-19)18(20,14-17)12-7-3-6-10-16-8-4-2-5-9-16/h2,4-5,8-9,14,20H,3,6,10-11,13,15H2,1H3. The number of allylic oxidation sites excluding steroid dienone is 1. The highest BCUT2D eigenvalue weighted by Gasteiger charge is 2.61. The van der Waals surface area contributed by atoms with Gasteiger partial charge in [0.25, 0.3) is 0 Å². The first-order valence-electron chi connectivity index (χ1n) is 7.83. The molecule has 1 aliphatic heterocycles. The molecule has 1 aromatic rings. The summed E-state index contributed by atoms with van der Waals surface area (Å²) in [6.07, 6.45) is 6.06. The van der Waals surface area contributed by atoms with Crippen molar-refractivity contribution in [1.82, 2.24) is 0 Å². The highest BCUT2D eigenvalue weighted by atomic mass is 16.6. The maximum absolute atomic E-state index is 10.8. The van der Waals surface area contributed by atoms with Gasteiger partial charge in [-0.1, -0.05) is 42.2 Å². The Hall–Kier alpha value is -1.76. The Balaban J connectivity index is 1.60. The topological polar surface area (TPSA) is 42.0 Å². The quantitative estimate of drug-likeness (QED) is 0.528. The van der Waals surface area contributed by atoms with Crippen LogP contribution in [-0.2, 0) is 15.9 Å². The van der Waals surface area contributed by atoms with E-state index >= 15 is 0 Å². The summed E-state index contributed by atoms with van der Waals surface area (Å²) in [5, 5.41) is 10.8. The lowest BCUT2D eigenvalue weighted by atomic mass is 9.79. The Morgan fingerprint density at radius 3 is 2.77 bits per heavy atom. The van der Waals surface area contributed by atoms with E-state index in [1.165, 1.54) is 5.56 Å². The molecule has 2 atom stereocenters. The van der Waals surface area contributed by atoms with E-state index in [1.807, 2.05) is 6.07 Å². The van der Waals surface area contributed by atoms with Crippen molar-refractivity contribution >= 4 is 0 Å². The van der Waals surface area contributed by atoms with Crippen molar-refractivity contribution in [2.75, 3.05) is 13.7 Å². The van der Waals surface area contributed by atoms with Crippen LogP contribution in [0.3, 0.4) is 0 Å². The van der Waals surface area contributed by atoms with Gasteiger partial charge in [-0.3, -0.25) is 0 Å². The minimum Gasteiger partial charge on any atom is -0.501 e. The van der Waals surface area contributed by atoms with Gasteiger partial charge >= 0.3 is 0 Å². The fraction of sp³-hybridized carbons (Fsp3) is 0.474. The number of unbranched alkanes of at least 4 members (excludes halogenated alkanes) is 1. The number of hydrogen-bond acceptors (Lipinski definition) is 3. The van der Waals surface area contributed by atoms with E-state index in [1.54, 1.807) is 13.2 Å². The summed E-state index contributed by atoms with van der Waals surface area (Å²) >= 11 is 0. The molecule has 3 heteroatoms. The summed E-state index contributed by atoms with van der Waals surface area (Å²) in [4.78, 5) is 0. The maximum atomic E-state index is 10.8. The molecule has 3 rings (SSSR count). The minimum absolute atomic E-state index is 0.499.